The molecule has 2 N–H and O–H groups in total. The molecule has 0 spiro atoms. The average Bonchev–Trinajstić information content (AvgIpc) is 2.37. The number of benzene rings is 1. The summed E-state index contributed by atoms with van der Waals surface area (Å²) in [7, 11) is 0. The first kappa shape index (κ1) is 15.2. The van der Waals surface area contributed by atoms with Crippen molar-refractivity contribution in [3.8, 4) is 0 Å². The fraction of sp³-hybridized carbons (Fsp3) is 0.467. The second kappa shape index (κ2) is 7.56. The number of aryl methyl sites for hydroxylation is 1. The number of aliphatic carboxylic acids is 1. The molecular formula is C15H21NO3. The van der Waals surface area contributed by atoms with Gasteiger partial charge in [0.25, 0.3) is 0 Å². The SMILES string of the molecule is CCc1cccc(NC(=O)CCCCC(=O)O)c1C. The van der Waals surface area contributed by atoms with E-state index in [2.05, 4.69) is 18.3 Å². The number of anilines is 1. The number of rotatable bonds is 7. The summed E-state index contributed by atoms with van der Waals surface area (Å²) in [5, 5.41) is 11.4. The van der Waals surface area contributed by atoms with E-state index in [0.29, 0.717) is 19.3 Å². The minimum absolute atomic E-state index is 0.0539. The summed E-state index contributed by atoms with van der Waals surface area (Å²) in [6.45, 7) is 4.08. The van der Waals surface area contributed by atoms with E-state index >= 15 is 0 Å². The number of unbranched alkanes of at least 4 members (excludes halogenated alkanes) is 1. The van der Waals surface area contributed by atoms with Gasteiger partial charge < -0.3 is 10.4 Å². The third-order valence-corrected chi connectivity index (χ3v) is 3.15. The average molecular weight is 263 g/mol. The van der Waals surface area contributed by atoms with Gasteiger partial charge in [-0.3, -0.25) is 9.59 Å². The maximum atomic E-state index is 11.8. The van der Waals surface area contributed by atoms with Crippen LogP contribution in [0.5, 0.6) is 0 Å². The van der Waals surface area contributed by atoms with Gasteiger partial charge in [0.1, 0.15) is 0 Å². The van der Waals surface area contributed by atoms with Gasteiger partial charge in [-0.05, 0) is 43.4 Å². The van der Waals surface area contributed by atoms with Gasteiger partial charge in [0.2, 0.25) is 5.91 Å². The predicted octanol–water partition coefficient (Wildman–Crippen LogP) is 3.14. The largest absolute Gasteiger partial charge is 0.481 e. The lowest BCUT2D eigenvalue weighted by atomic mass is 10.0. The highest BCUT2D eigenvalue weighted by Gasteiger charge is 2.07. The van der Waals surface area contributed by atoms with Crippen molar-refractivity contribution in [2.75, 3.05) is 5.32 Å². The summed E-state index contributed by atoms with van der Waals surface area (Å²) in [6, 6.07) is 5.88. The van der Waals surface area contributed by atoms with E-state index in [-0.39, 0.29) is 12.3 Å². The van der Waals surface area contributed by atoms with E-state index in [4.69, 9.17) is 5.11 Å². The molecule has 1 aromatic rings. The van der Waals surface area contributed by atoms with Crippen LogP contribution >= 0.6 is 0 Å². The van der Waals surface area contributed by atoms with E-state index in [1.165, 1.54) is 5.56 Å². The Labute approximate surface area is 113 Å². The summed E-state index contributed by atoms with van der Waals surface area (Å²) < 4.78 is 0. The highest BCUT2D eigenvalue weighted by Crippen LogP contribution is 2.19. The molecule has 0 radical (unpaired) electrons. The standard InChI is InChI=1S/C15H21NO3/c1-3-12-7-6-8-13(11(12)2)16-14(17)9-4-5-10-15(18)19/h6-8H,3-5,9-10H2,1-2H3,(H,16,17)(H,18,19). The molecule has 1 rings (SSSR count). The fourth-order valence-corrected chi connectivity index (χ4v) is 1.98. The minimum atomic E-state index is -0.813. The van der Waals surface area contributed by atoms with Gasteiger partial charge in [-0.1, -0.05) is 19.1 Å². The lowest BCUT2D eigenvalue weighted by Crippen LogP contribution is -2.12. The Morgan fingerprint density at radius 1 is 1.21 bits per heavy atom. The van der Waals surface area contributed by atoms with Gasteiger partial charge in [0.15, 0.2) is 0 Å². The topological polar surface area (TPSA) is 66.4 Å². The van der Waals surface area contributed by atoms with Crippen molar-refractivity contribution in [1.82, 2.24) is 0 Å². The van der Waals surface area contributed by atoms with Gasteiger partial charge in [-0.2, -0.15) is 0 Å². The third-order valence-electron chi connectivity index (χ3n) is 3.15. The first-order chi connectivity index (χ1) is 9.04. The second-order valence-corrected chi connectivity index (χ2v) is 4.59. The molecule has 0 bridgehead atoms. The Balaban J connectivity index is 2.46. The zero-order valence-corrected chi connectivity index (χ0v) is 11.5. The van der Waals surface area contributed by atoms with Crippen LogP contribution in [-0.4, -0.2) is 17.0 Å². The number of carboxylic acids is 1. The number of carbonyl (C=O) groups excluding carboxylic acids is 1. The molecule has 0 heterocycles. The van der Waals surface area contributed by atoms with Gasteiger partial charge in [-0.15, -0.1) is 0 Å². The van der Waals surface area contributed by atoms with Crippen LogP contribution in [0.25, 0.3) is 0 Å². The molecule has 0 aliphatic carbocycles. The molecule has 4 heteroatoms. The Morgan fingerprint density at radius 2 is 1.89 bits per heavy atom. The fourth-order valence-electron chi connectivity index (χ4n) is 1.98. The summed E-state index contributed by atoms with van der Waals surface area (Å²) in [5.41, 5.74) is 3.18. The molecule has 104 valence electrons. The summed E-state index contributed by atoms with van der Waals surface area (Å²) in [5.74, 6) is -0.867. The molecule has 1 amide bonds. The number of carbonyl (C=O) groups is 2. The zero-order chi connectivity index (χ0) is 14.3. The third kappa shape index (κ3) is 5.12. The second-order valence-electron chi connectivity index (χ2n) is 4.59. The highest BCUT2D eigenvalue weighted by atomic mass is 16.4. The molecule has 1 aromatic carbocycles. The molecule has 0 aliphatic rings. The summed E-state index contributed by atoms with van der Waals surface area (Å²) >= 11 is 0. The van der Waals surface area contributed by atoms with Crippen LogP contribution in [0, 0.1) is 6.92 Å². The lowest BCUT2D eigenvalue weighted by Gasteiger charge is -2.11. The van der Waals surface area contributed by atoms with Gasteiger partial charge in [0, 0.05) is 18.5 Å². The van der Waals surface area contributed by atoms with E-state index < -0.39 is 5.97 Å². The highest BCUT2D eigenvalue weighted by molar-refractivity contribution is 5.91. The van der Waals surface area contributed by atoms with E-state index in [1.807, 2.05) is 19.1 Å². The van der Waals surface area contributed by atoms with Crippen LogP contribution in [0.4, 0.5) is 5.69 Å². The summed E-state index contributed by atoms with van der Waals surface area (Å²) in [4.78, 5) is 22.1. The van der Waals surface area contributed by atoms with Crippen LogP contribution in [0.2, 0.25) is 0 Å². The number of nitrogens with one attached hydrogen (secondary N) is 1. The van der Waals surface area contributed by atoms with Gasteiger partial charge in [-0.25, -0.2) is 0 Å². The monoisotopic (exact) mass is 263 g/mol. The normalized spacial score (nSPS) is 10.2. The van der Waals surface area contributed by atoms with Crippen LogP contribution < -0.4 is 5.32 Å². The van der Waals surface area contributed by atoms with Gasteiger partial charge in [0.05, 0.1) is 0 Å². The van der Waals surface area contributed by atoms with E-state index in [9.17, 15) is 9.59 Å². The molecule has 0 aliphatic heterocycles. The predicted molar refractivity (Wildman–Crippen MR) is 75.3 cm³/mol. The Hall–Kier alpha value is -1.84. The number of carboxylic acid groups (broad SMARTS) is 1. The van der Waals surface area contributed by atoms with Crippen molar-refractivity contribution in [1.29, 1.82) is 0 Å². The molecule has 4 nitrogen and oxygen atoms in total. The molecule has 0 saturated heterocycles. The Morgan fingerprint density at radius 3 is 2.53 bits per heavy atom. The first-order valence-corrected chi connectivity index (χ1v) is 6.64. The number of hydrogen-bond acceptors (Lipinski definition) is 2. The molecule has 19 heavy (non-hydrogen) atoms. The zero-order valence-electron chi connectivity index (χ0n) is 11.5. The molecule has 0 fully saturated rings. The van der Waals surface area contributed by atoms with Crippen molar-refractivity contribution in [3.05, 3.63) is 29.3 Å². The summed E-state index contributed by atoms with van der Waals surface area (Å²) in [6.07, 6.45) is 2.57. The smallest absolute Gasteiger partial charge is 0.303 e. The van der Waals surface area contributed by atoms with Crippen LogP contribution in [-0.2, 0) is 16.0 Å². The van der Waals surface area contributed by atoms with Crippen molar-refractivity contribution in [2.45, 2.75) is 46.0 Å². The van der Waals surface area contributed by atoms with Crippen molar-refractivity contribution >= 4 is 17.6 Å². The Bertz CT molecular complexity index is 455. The number of amides is 1. The van der Waals surface area contributed by atoms with Crippen molar-refractivity contribution in [2.24, 2.45) is 0 Å². The van der Waals surface area contributed by atoms with Crippen LogP contribution in [0.3, 0.4) is 0 Å². The first-order valence-electron chi connectivity index (χ1n) is 6.64. The molecular weight excluding hydrogens is 242 g/mol. The molecule has 0 unspecified atom stereocenters. The van der Waals surface area contributed by atoms with Crippen molar-refractivity contribution in [3.63, 3.8) is 0 Å². The van der Waals surface area contributed by atoms with E-state index in [1.54, 1.807) is 0 Å². The lowest BCUT2D eigenvalue weighted by molar-refractivity contribution is -0.137. The maximum Gasteiger partial charge on any atom is 0.303 e. The quantitative estimate of drug-likeness (QED) is 0.743. The maximum absolute atomic E-state index is 11.8. The Kier molecular flexibility index (Phi) is 6.06. The molecule has 0 aromatic heterocycles. The van der Waals surface area contributed by atoms with Crippen LogP contribution in [0.1, 0.15) is 43.7 Å². The van der Waals surface area contributed by atoms with Gasteiger partial charge >= 0.3 is 5.97 Å². The van der Waals surface area contributed by atoms with Crippen LogP contribution in [0.15, 0.2) is 18.2 Å². The molecule has 0 atom stereocenters. The number of hydrogen-bond donors (Lipinski definition) is 2. The minimum Gasteiger partial charge on any atom is -0.481 e. The van der Waals surface area contributed by atoms with E-state index in [0.717, 1.165) is 17.7 Å². The van der Waals surface area contributed by atoms with Crippen molar-refractivity contribution < 1.29 is 14.7 Å². The molecule has 0 saturated carbocycles.